The van der Waals surface area contributed by atoms with Crippen LogP contribution in [0.3, 0.4) is 0 Å². The molecule has 0 rings (SSSR count). The van der Waals surface area contributed by atoms with Crippen molar-refractivity contribution in [3.63, 3.8) is 0 Å². The highest BCUT2D eigenvalue weighted by atomic mass is 14.5. The summed E-state index contributed by atoms with van der Waals surface area (Å²) in [4.78, 5) is 0. The molecule has 0 radical (unpaired) electrons. The molecule has 0 aliphatic carbocycles. The van der Waals surface area contributed by atoms with Crippen LogP contribution in [0.4, 0.5) is 0 Å². The van der Waals surface area contributed by atoms with Crippen LogP contribution in [0, 0.1) is 23.7 Å². The van der Waals surface area contributed by atoms with Crippen molar-refractivity contribution in [3.8, 4) is 11.8 Å². The molecule has 0 aromatic heterocycles. The Balaban J connectivity index is 3.62. The summed E-state index contributed by atoms with van der Waals surface area (Å²) >= 11 is 0. The van der Waals surface area contributed by atoms with Crippen molar-refractivity contribution in [2.75, 3.05) is 6.54 Å². The third kappa shape index (κ3) is 5.21. The van der Waals surface area contributed by atoms with Crippen LogP contribution in [0.15, 0.2) is 0 Å². The van der Waals surface area contributed by atoms with Crippen LogP contribution in [-0.4, -0.2) is 6.54 Å². The molecule has 0 heterocycles. The molecule has 0 amide bonds. The van der Waals surface area contributed by atoms with E-state index >= 15 is 0 Å². The molecule has 1 nitrogen and oxygen atoms in total. The Kier molecular flexibility index (Phi) is 6.90. The maximum Gasteiger partial charge on any atom is 0.0200 e. The highest BCUT2D eigenvalue weighted by molar-refractivity contribution is 5.00. The standard InChI is InChI=1S/C11H21N/c1-4-6-11(5-2)8-7-10(3)9-12/h10-11H,5,7-9,12H2,1-3H3. The Morgan fingerprint density at radius 3 is 2.42 bits per heavy atom. The van der Waals surface area contributed by atoms with Gasteiger partial charge in [0.25, 0.3) is 0 Å². The average Bonchev–Trinajstić information content (AvgIpc) is 2.11. The summed E-state index contributed by atoms with van der Waals surface area (Å²) in [5, 5.41) is 0. The SMILES string of the molecule is CC#CC(CC)CCC(C)CN. The molecule has 0 saturated carbocycles. The minimum absolute atomic E-state index is 0.587. The largest absolute Gasteiger partial charge is 0.330 e. The van der Waals surface area contributed by atoms with Crippen LogP contribution in [0.25, 0.3) is 0 Å². The molecule has 70 valence electrons. The van der Waals surface area contributed by atoms with Crippen LogP contribution >= 0.6 is 0 Å². The second-order valence-electron chi connectivity index (χ2n) is 3.42. The second kappa shape index (κ2) is 7.18. The zero-order valence-electron chi connectivity index (χ0n) is 8.56. The quantitative estimate of drug-likeness (QED) is 0.625. The minimum Gasteiger partial charge on any atom is -0.330 e. The first kappa shape index (κ1) is 11.5. The summed E-state index contributed by atoms with van der Waals surface area (Å²) in [7, 11) is 0. The van der Waals surface area contributed by atoms with Gasteiger partial charge in [-0.3, -0.25) is 0 Å². The Bertz CT molecular complexity index is 152. The maximum absolute atomic E-state index is 5.54. The van der Waals surface area contributed by atoms with Crippen LogP contribution < -0.4 is 5.73 Å². The Hall–Kier alpha value is -0.480. The molecule has 0 bridgehead atoms. The van der Waals surface area contributed by atoms with E-state index < -0.39 is 0 Å². The lowest BCUT2D eigenvalue weighted by molar-refractivity contribution is 0.462. The number of hydrogen-bond donors (Lipinski definition) is 1. The van der Waals surface area contributed by atoms with Crippen molar-refractivity contribution in [1.29, 1.82) is 0 Å². The van der Waals surface area contributed by atoms with Crippen molar-refractivity contribution in [1.82, 2.24) is 0 Å². The normalized spacial score (nSPS) is 14.7. The van der Waals surface area contributed by atoms with Gasteiger partial charge >= 0.3 is 0 Å². The van der Waals surface area contributed by atoms with E-state index in [4.69, 9.17) is 5.73 Å². The lowest BCUT2D eigenvalue weighted by Gasteiger charge is -2.11. The fraction of sp³-hybridized carbons (Fsp3) is 0.818. The molecule has 2 unspecified atom stereocenters. The molecule has 0 spiro atoms. The highest BCUT2D eigenvalue weighted by Gasteiger charge is 2.04. The molecule has 12 heavy (non-hydrogen) atoms. The summed E-state index contributed by atoms with van der Waals surface area (Å²) in [6.07, 6.45) is 3.58. The summed E-state index contributed by atoms with van der Waals surface area (Å²) in [6.45, 7) is 7.11. The Morgan fingerprint density at radius 2 is 2.00 bits per heavy atom. The number of rotatable bonds is 5. The second-order valence-corrected chi connectivity index (χ2v) is 3.42. The summed E-state index contributed by atoms with van der Waals surface area (Å²) in [5.41, 5.74) is 5.54. The monoisotopic (exact) mass is 167 g/mol. The topological polar surface area (TPSA) is 26.0 Å². The van der Waals surface area contributed by atoms with E-state index in [0.29, 0.717) is 11.8 Å². The number of hydrogen-bond acceptors (Lipinski definition) is 1. The fourth-order valence-corrected chi connectivity index (χ4v) is 1.19. The molecular weight excluding hydrogens is 146 g/mol. The summed E-state index contributed by atoms with van der Waals surface area (Å²) in [6, 6.07) is 0. The van der Waals surface area contributed by atoms with E-state index in [1.165, 1.54) is 12.8 Å². The molecular formula is C11H21N. The molecule has 0 aromatic carbocycles. The van der Waals surface area contributed by atoms with E-state index in [-0.39, 0.29) is 0 Å². The zero-order valence-corrected chi connectivity index (χ0v) is 8.56. The van der Waals surface area contributed by atoms with Gasteiger partial charge in [0.05, 0.1) is 0 Å². The van der Waals surface area contributed by atoms with Crippen LogP contribution in [0.2, 0.25) is 0 Å². The van der Waals surface area contributed by atoms with Gasteiger partial charge in [0.1, 0.15) is 0 Å². The van der Waals surface area contributed by atoms with Crippen molar-refractivity contribution in [2.24, 2.45) is 17.6 Å². The predicted octanol–water partition coefficient (Wildman–Crippen LogP) is 2.41. The van der Waals surface area contributed by atoms with Crippen molar-refractivity contribution in [3.05, 3.63) is 0 Å². The Morgan fingerprint density at radius 1 is 1.33 bits per heavy atom. The van der Waals surface area contributed by atoms with Gasteiger partial charge in [0, 0.05) is 5.92 Å². The van der Waals surface area contributed by atoms with Crippen molar-refractivity contribution < 1.29 is 0 Å². The van der Waals surface area contributed by atoms with Gasteiger partial charge in [-0.15, -0.1) is 11.8 Å². The third-order valence-corrected chi connectivity index (χ3v) is 2.25. The molecule has 2 N–H and O–H groups in total. The predicted molar refractivity (Wildman–Crippen MR) is 54.7 cm³/mol. The Labute approximate surface area is 76.7 Å². The zero-order chi connectivity index (χ0) is 9.40. The van der Waals surface area contributed by atoms with Crippen molar-refractivity contribution in [2.45, 2.75) is 40.0 Å². The minimum atomic E-state index is 0.587. The first-order valence-electron chi connectivity index (χ1n) is 4.86. The van der Waals surface area contributed by atoms with E-state index in [1.807, 2.05) is 6.92 Å². The molecule has 0 aliphatic rings. The van der Waals surface area contributed by atoms with Gasteiger partial charge in [0.15, 0.2) is 0 Å². The average molecular weight is 167 g/mol. The molecule has 0 saturated heterocycles. The van der Waals surface area contributed by atoms with Gasteiger partial charge in [-0.1, -0.05) is 13.8 Å². The first-order valence-corrected chi connectivity index (χ1v) is 4.86. The fourth-order valence-electron chi connectivity index (χ4n) is 1.19. The van der Waals surface area contributed by atoms with Gasteiger partial charge < -0.3 is 5.73 Å². The van der Waals surface area contributed by atoms with Gasteiger partial charge in [-0.25, -0.2) is 0 Å². The summed E-state index contributed by atoms with van der Waals surface area (Å²) in [5.74, 6) is 7.44. The van der Waals surface area contributed by atoms with E-state index in [0.717, 1.165) is 13.0 Å². The molecule has 2 atom stereocenters. The molecule has 1 heteroatoms. The lowest BCUT2D eigenvalue weighted by atomic mass is 9.95. The molecule has 0 aliphatic heterocycles. The van der Waals surface area contributed by atoms with Crippen LogP contribution in [0.5, 0.6) is 0 Å². The van der Waals surface area contributed by atoms with Crippen LogP contribution in [-0.2, 0) is 0 Å². The molecule has 0 aromatic rings. The van der Waals surface area contributed by atoms with Gasteiger partial charge in [-0.05, 0) is 38.6 Å². The van der Waals surface area contributed by atoms with E-state index in [2.05, 4.69) is 25.7 Å². The lowest BCUT2D eigenvalue weighted by Crippen LogP contribution is -2.11. The van der Waals surface area contributed by atoms with Gasteiger partial charge in [0.2, 0.25) is 0 Å². The van der Waals surface area contributed by atoms with Gasteiger partial charge in [-0.2, -0.15) is 0 Å². The highest BCUT2D eigenvalue weighted by Crippen LogP contribution is 2.13. The van der Waals surface area contributed by atoms with Crippen molar-refractivity contribution >= 4 is 0 Å². The summed E-state index contributed by atoms with van der Waals surface area (Å²) < 4.78 is 0. The molecule has 0 fully saturated rings. The smallest absolute Gasteiger partial charge is 0.0200 e. The van der Waals surface area contributed by atoms with Crippen LogP contribution in [0.1, 0.15) is 40.0 Å². The maximum atomic E-state index is 5.54. The first-order chi connectivity index (χ1) is 5.74. The third-order valence-electron chi connectivity index (χ3n) is 2.25. The number of nitrogens with two attached hydrogens (primary N) is 1. The van der Waals surface area contributed by atoms with E-state index in [9.17, 15) is 0 Å². The van der Waals surface area contributed by atoms with E-state index in [1.54, 1.807) is 0 Å².